The van der Waals surface area contributed by atoms with Crippen molar-refractivity contribution in [3.05, 3.63) is 30.1 Å². The molecule has 0 bridgehead atoms. The van der Waals surface area contributed by atoms with Crippen LogP contribution >= 0.6 is 0 Å². The molecule has 2 fully saturated rings. The van der Waals surface area contributed by atoms with E-state index in [9.17, 15) is 4.79 Å². The molecule has 5 heteroatoms. The number of hydrogen-bond acceptors (Lipinski definition) is 4. The number of pyridine rings is 1. The van der Waals surface area contributed by atoms with Crippen LogP contribution in [0, 0.1) is 5.92 Å². The van der Waals surface area contributed by atoms with Gasteiger partial charge in [-0.15, -0.1) is 0 Å². The number of rotatable bonds is 3. The van der Waals surface area contributed by atoms with Gasteiger partial charge in [-0.1, -0.05) is 6.92 Å². The van der Waals surface area contributed by atoms with Crippen molar-refractivity contribution in [1.29, 1.82) is 0 Å². The van der Waals surface area contributed by atoms with Gasteiger partial charge in [-0.25, -0.2) is 0 Å². The molecule has 0 saturated carbocycles. The monoisotopic (exact) mass is 289 g/mol. The number of carbonyl (C=O) groups is 1. The Hall–Kier alpha value is -1.46. The van der Waals surface area contributed by atoms with Crippen molar-refractivity contribution in [2.75, 3.05) is 26.2 Å². The molecule has 0 spiro atoms. The van der Waals surface area contributed by atoms with Crippen LogP contribution in [0.4, 0.5) is 0 Å². The van der Waals surface area contributed by atoms with Crippen LogP contribution in [0.5, 0.6) is 0 Å². The molecule has 0 radical (unpaired) electrons. The fraction of sp³-hybridized carbons (Fsp3) is 0.625. The Labute approximate surface area is 125 Å². The second-order valence-corrected chi connectivity index (χ2v) is 5.91. The molecule has 0 aromatic carbocycles. The highest BCUT2D eigenvalue weighted by atomic mass is 16.5. The van der Waals surface area contributed by atoms with Crippen molar-refractivity contribution < 1.29 is 9.53 Å². The second-order valence-electron chi connectivity index (χ2n) is 5.91. The summed E-state index contributed by atoms with van der Waals surface area (Å²) in [5.41, 5.74) is 0.658. The summed E-state index contributed by atoms with van der Waals surface area (Å²) in [5, 5.41) is 3.17. The van der Waals surface area contributed by atoms with Crippen LogP contribution in [-0.2, 0) is 4.74 Å². The van der Waals surface area contributed by atoms with E-state index in [2.05, 4.69) is 22.1 Å². The summed E-state index contributed by atoms with van der Waals surface area (Å²) in [5.74, 6) is 0.503. The van der Waals surface area contributed by atoms with Crippen molar-refractivity contribution in [3.8, 4) is 0 Å². The molecule has 1 aromatic rings. The van der Waals surface area contributed by atoms with Gasteiger partial charge in [-0.2, -0.15) is 0 Å². The fourth-order valence-corrected chi connectivity index (χ4v) is 3.43. The first-order chi connectivity index (χ1) is 10.3. The number of nitrogens with zero attached hydrogens (tertiary/aromatic N) is 2. The Kier molecular flexibility index (Phi) is 4.51. The third kappa shape index (κ3) is 3.24. The molecular weight excluding hydrogens is 266 g/mol. The molecule has 5 nitrogen and oxygen atoms in total. The van der Waals surface area contributed by atoms with E-state index in [1.807, 2.05) is 0 Å². The topological polar surface area (TPSA) is 54.5 Å². The molecule has 0 aliphatic carbocycles. The number of ether oxygens (including phenoxy) is 1. The van der Waals surface area contributed by atoms with E-state index in [0.29, 0.717) is 11.5 Å². The molecule has 2 saturated heterocycles. The van der Waals surface area contributed by atoms with Crippen LogP contribution in [0.3, 0.4) is 0 Å². The Morgan fingerprint density at radius 2 is 2.24 bits per heavy atom. The zero-order valence-corrected chi connectivity index (χ0v) is 12.5. The van der Waals surface area contributed by atoms with Gasteiger partial charge in [0.05, 0.1) is 12.1 Å². The molecule has 3 heterocycles. The van der Waals surface area contributed by atoms with E-state index in [-0.39, 0.29) is 18.1 Å². The molecule has 3 atom stereocenters. The van der Waals surface area contributed by atoms with Crippen molar-refractivity contribution in [2.45, 2.75) is 31.9 Å². The Morgan fingerprint density at radius 3 is 3.00 bits per heavy atom. The Morgan fingerprint density at radius 1 is 1.43 bits per heavy atom. The molecule has 0 unspecified atom stereocenters. The maximum atomic E-state index is 12.4. The summed E-state index contributed by atoms with van der Waals surface area (Å²) in [4.78, 5) is 18.7. The molecule has 1 aromatic heterocycles. The fourth-order valence-electron chi connectivity index (χ4n) is 3.43. The molecule has 114 valence electrons. The highest BCUT2D eigenvalue weighted by Gasteiger charge is 2.39. The van der Waals surface area contributed by atoms with Crippen molar-refractivity contribution in [3.63, 3.8) is 0 Å². The number of likely N-dealkylation sites (tertiary alicyclic amines) is 1. The third-order valence-electron chi connectivity index (χ3n) is 4.54. The molecular formula is C16H23N3O2. The highest BCUT2D eigenvalue weighted by Crippen LogP contribution is 2.28. The minimum absolute atomic E-state index is 0.0340. The number of carbonyl (C=O) groups excluding carboxylic acids is 1. The number of hydrogen-bond donors (Lipinski definition) is 1. The molecule has 1 amide bonds. The van der Waals surface area contributed by atoms with Gasteiger partial charge in [0, 0.05) is 37.7 Å². The maximum absolute atomic E-state index is 12.4. The number of piperidine rings is 1. The van der Waals surface area contributed by atoms with E-state index < -0.39 is 0 Å². The minimum Gasteiger partial charge on any atom is -0.376 e. The number of aromatic nitrogens is 1. The number of amides is 1. The molecule has 3 rings (SSSR count). The summed E-state index contributed by atoms with van der Waals surface area (Å²) in [6.45, 7) is 5.96. The SMILES string of the molecule is CCN1C[C@@H]2CCCO[C@@H]2[C@H](NC(=O)c2ccncc2)C1. The van der Waals surface area contributed by atoms with Gasteiger partial charge in [0.1, 0.15) is 0 Å². The summed E-state index contributed by atoms with van der Waals surface area (Å²) in [7, 11) is 0. The third-order valence-corrected chi connectivity index (χ3v) is 4.54. The van der Waals surface area contributed by atoms with Crippen LogP contribution < -0.4 is 5.32 Å². The van der Waals surface area contributed by atoms with Gasteiger partial charge in [0.15, 0.2) is 0 Å². The van der Waals surface area contributed by atoms with Crippen molar-refractivity contribution in [2.24, 2.45) is 5.92 Å². The Balaban J connectivity index is 1.71. The predicted molar refractivity (Wildman–Crippen MR) is 80.1 cm³/mol. The van der Waals surface area contributed by atoms with Crippen LogP contribution in [0.15, 0.2) is 24.5 Å². The van der Waals surface area contributed by atoms with Gasteiger partial charge in [0.2, 0.25) is 0 Å². The molecule has 1 N–H and O–H groups in total. The zero-order chi connectivity index (χ0) is 14.7. The van der Waals surface area contributed by atoms with Crippen LogP contribution in [0.25, 0.3) is 0 Å². The first-order valence-electron chi connectivity index (χ1n) is 7.82. The lowest BCUT2D eigenvalue weighted by atomic mass is 9.85. The molecule has 2 aliphatic rings. The number of nitrogens with one attached hydrogen (secondary N) is 1. The lowest BCUT2D eigenvalue weighted by molar-refractivity contribution is -0.0824. The first-order valence-corrected chi connectivity index (χ1v) is 7.82. The minimum atomic E-state index is -0.0340. The average molecular weight is 289 g/mol. The highest BCUT2D eigenvalue weighted by molar-refractivity contribution is 5.94. The predicted octanol–water partition coefficient (Wildman–Crippen LogP) is 1.31. The summed E-state index contributed by atoms with van der Waals surface area (Å²) in [6.07, 6.45) is 5.78. The van der Waals surface area contributed by atoms with E-state index in [0.717, 1.165) is 32.7 Å². The van der Waals surface area contributed by atoms with Crippen LogP contribution in [-0.4, -0.2) is 54.2 Å². The zero-order valence-electron chi connectivity index (χ0n) is 12.5. The largest absolute Gasteiger partial charge is 0.376 e. The van der Waals surface area contributed by atoms with Gasteiger partial charge < -0.3 is 15.0 Å². The second kappa shape index (κ2) is 6.54. The number of likely N-dealkylation sites (N-methyl/N-ethyl adjacent to an activating group) is 1. The standard InChI is InChI=1S/C16H23N3O2/c1-2-19-10-13-4-3-9-21-15(13)14(11-19)18-16(20)12-5-7-17-8-6-12/h5-8,13-15H,2-4,9-11H2,1H3,(H,18,20)/t13-,14+,15-/m0/s1. The number of fused-ring (bicyclic) bond motifs is 1. The molecule has 2 aliphatic heterocycles. The van der Waals surface area contributed by atoms with Gasteiger partial charge in [-0.3, -0.25) is 9.78 Å². The van der Waals surface area contributed by atoms with Gasteiger partial charge in [0.25, 0.3) is 5.91 Å². The summed E-state index contributed by atoms with van der Waals surface area (Å²) < 4.78 is 5.97. The summed E-state index contributed by atoms with van der Waals surface area (Å²) in [6, 6.07) is 3.56. The smallest absolute Gasteiger partial charge is 0.251 e. The summed E-state index contributed by atoms with van der Waals surface area (Å²) >= 11 is 0. The van der Waals surface area contributed by atoms with E-state index in [1.54, 1.807) is 24.5 Å². The van der Waals surface area contributed by atoms with Gasteiger partial charge in [-0.05, 0) is 37.4 Å². The lowest BCUT2D eigenvalue weighted by Gasteiger charge is -2.45. The maximum Gasteiger partial charge on any atom is 0.251 e. The Bertz CT molecular complexity index is 480. The van der Waals surface area contributed by atoms with Gasteiger partial charge >= 0.3 is 0 Å². The first kappa shape index (κ1) is 14.5. The molecule has 21 heavy (non-hydrogen) atoms. The van der Waals surface area contributed by atoms with E-state index >= 15 is 0 Å². The van der Waals surface area contributed by atoms with E-state index in [4.69, 9.17) is 4.74 Å². The van der Waals surface area contributed by atoms with Crippen LogP contribution in [0.2, 0.25) is 0 Å². The van der Waals surface area contributed by atoms with E-state index in [1.165, 1.54) is 6.42 Å². The normalized spacial score (nSPS) is 29.7. The van der Waals surface area contributed by atoms with Crippen LogP contribution in [0.1, 0.15) is 30.1 Å². The average Bonchev–Trinajstić information content (AvgIpc) is 2.55. The van der Waals surface area contributed by atoms with Crippen molar-refractivity contribution >= 4 is 5.91 Å². The lowest BCUT2D eigenvalue weighted by Crippen LogP contribution is -2.60. The quantitative estimate of drug-likeness (QED) is 0.911. The van der Waals surface area contributed by atoms with Crippen molar-refractivity contribution in [1.82, 2.24) is 15.2 Å².